The maximum Gasteiger partial charge on any atom is 0.345 e. The molecule has 6 nitrogen and oxygen atoms in total. The van der Waals surface area contributed by atoms with E-state index < -0.39 is 18.0 Å². The normalized spacial score (nSPS) is 11.1. The molecule has 0 unspecified atom stereocenters. The number of ether oxygens (including phenoxy) is 2. The Kier molecular flexibility index (Phi) is 6.80. The van der Waals surface area contributed by atoms with Crippen LogP contribution in [0.4, 0.5) is 5.69 Å². The zero-order valence-electron chi connectivity index (χ0n) is 16.4. The summed E-state index contributed by atoms with van der Waals surface area (Å²) in [6, 6.07) is 24.5. The van der Waals surface area contributed by atoms with Crippen LogP contribution in [0.1, 0.15) is 22.8 Å². The Morgan fingerprint density at radius 1 is 0.967 bits per heavy atom. The highest BCUT2D eigenvalue weighted by atomic mass is 16.6. The lowest BCUT2D eigenvalue weighted by atomic mass is 10.1. The van der Waals surface area contributed by atoms with Gasteiger partial charge in [0.15, 0.2) is 6.61 Å². The van der Waals surface area contributed by atoms with Crippen molar-refractivity contribution in [3.8, 4) is 11.8 Å². The van der Waals surface area contributed by atoms with Crippen molar-refractivity contribution < 1.29 is 19.1 Å². The number of carbonyl (C=O) groups excluding carboxylic acids is 2. The molecule has 0 saturated carbocycles. The molecular weight excluding hydrogens is 380 g/mol. The SMILES string of the molecule is Cc1ccc(NC(=O)[C@@H](OC(=O)COc2ccc(C#N)cc2)c2ccccc2)cc1. The minimum Gasteiger partial charge on any atom is -0.482 e. The molecule has 0 radical (unpaired) electrons. The van der Waals surface area contributed by atoms with Crippen molar-refractivity contribution in [1.82, 2.24) is 0 Å². The number of carbonyl (C=O) groups is 2. The van der Waals surface area contributed by atoms with E-state index in [1.165, 1.54) is 0 Å². The molecule has 0 saturated heterocycles. The van der Waals surface area contributed by atoms with Gasteiger partial charge in [0.25, 0.3) is 5.91 Å². The van der Waals surface area contributed by atoms with E-state index in [1.807, 2.05) is 31.2 Å². The van der Waals surface area contributed by atoms with Gasteiger partial charge in [0.05, 0.1) is 11.6 Å². The van der Waals surface area contributed by atoms with E-state index in [0.717, 1.165) is 5.56 Å². The highest BCUT2D eigenvalue weighted by Gasteiger charge is 2.25. The monoisotopic (exact) mass is 400 g/mol. The lowest BCUT2D eigenvalue weighted by molar-refractivity contribution is -0.156. The number of aryl methyl sites for hydroxylation is 1. The Hall–Kier alpha value is -4.11. The van der Waals surface area contributed by atoms with Crippen LogP contribution >= 0.6 is 0 Å². The molecule has 6 heteroatoms. The molecule has 1 N–H and O–H groups in total. The van der Waals surface area contributed by atoms with Crippen LogP contribution in [0.25, 0.3) is 0 Å². The molecular formula is C24H20N2O4. The number of benzene rings is 3. The average molecular weight is 400 g/mol. The first kappa shape index (κ1) is 20.6. The second kappa shape index (κ2) is 9.89. The van der Waals surface area contributed by atoms with Gasteiger partial charge in [0.2, 0.25) is 6.10 Å². The molecule has 0 aliphatic heterocycles. The minimum absolute atomic E-state index is 0.368. The molecule has 0 spiro atoms. The lowest BCUT2D eigenvalue weighted by Crippen LogP contribution is -2.28. The van der Waals surface area contributed by atoms with Crippen molar-refractivity contribution in [3.05, 3.63) is 95.6 Å². The van der Waals surface area contributed by atoms with Crippen molar-refractivity contribution in [2.45, 2.75) is 13.0 Å². The molecule has 150 valence electrons. The number of nitriles is 1. The summed E-state index contributed by atoms with van der Waals surface area (Å²) in [4.78, 5) is 25.2. The number of rotatable bonds is 7. The van der Waals surface area contributed by atoms with E-state index in [9.17, 15) is 9.59 Å². The van der Waals surface area contributed by atoms with Crippen LogP contribution in [0.3, 0.4) is 0 Å². The third kappa shape index (κ3) is 5.69. The molecule has 3 aromatic carbocycles. The molecule has 3 aromatic rings. The second-order valence-electron chi connectivity index (χ2n) is 6.56. The quantitative estimate of drug-likeness (QED) is 0.602. The highest BCUT2D eigenvalue weighted by Crippen LogP contribution is 2.21. The van der Waals surface area contributed by atoms with E-state index >= 15 is 0 Å². The van der Waals surface area contributed by atoms with Crippen LogP contribution in [-0.4, -0.2) is 18.5 Å². The van der Waals surface area contributed by atoms with Crippen LogP contribution in [0.5, 0.6) is 5.75 Å². The zero-order chi connectivity index (χ0) is 21.3. The fourth-order valence-corrected chi connectivity index (χ4v) is 2.68. The highest BCUT2D eigenvalue weighted by molar-refractivity contribution is 5.96. The van der Waals surface area contributed by atoms with E-state index in [4.69, 9.17) is 14.7 Å². The first-order valence-electron chi connectivity index (χ1n) is 9.30. The predicted octanol–water partition coefficient (Wildman–Crippen LogP) is 4.17. The number of amides is 1. The largest absolute Gasteiger partial charge is 0.482 e. The first-order chi connectivity index (χ1) is 14.5. The van der Waals surface area contributed by atoms with Gasteiger partial charge in [-0.3, -0.25) is 4.79 Å². The minimum atomic E-state index is -1.12. The molecule has 0 aliphatic rings. The van der Waals surface area contributed by atoms with E-state index in [2.05, 4.69) is 5.32 Å². The van der Waals surface area contributed by atoms with Gasteiger partial charge in [0, 0.05) is 11.3 Å². The number of hydrogen-bond donors (Lipinski definition) is 1. The number of esters is 1. The van der Waals surface area contributed by atoms with Gasteiger partial charge in [-0.2, -0.15) is 5.26 Å². The van der Waals surface area contributed by atoms with E-state index in [0.29, 0.717) is 22.6 Å². The summed E-state index contributed by atoms with van der Waals surface area (Å²) in [6.45, 7) is 1.58. The third-order valence-electron chi connectivity index (χ3n) is 4.25. The molecule has 1 atom stereocenters. The first-order valence-corrected chi connectivity index (χ1v) is 9.30. The van der Waals surface area contributed by atoms with Gasteiger partial charge in [-0.15, -0.1) is 0 Å². The van der Waals surface area contributed by atoms with Gasteiger partial charge in [-0.25, -0.2) is 4.79 Å². The molecule has 0 bridgehead atoms. The summed E-state index contributed by atoms with van der Waals surface area (Å²) in [5, 5.41) is 11.6. The Labute approximate surface area is 174 Å². The molecule has 0 fully saturated rings. The fraction of sp³-hybridized carbons (Fsp3) is 0.125. The van der Waals surface area contributed by atoms with E-state index in [1.54, 1.807) is 60.7 Å². The van der Waals surface area contributed by atoms with E-state index in [-0.39, 0.29) is 6.61 Å². The fourth-order valence-electron chi connectivity index (χ4n) is 2.68. The Morgan fingerprint density at radius 2 is 1.63 bits per heavy atom. The summed E-state index contributed by atoms with van der Waals surface area (Å²) < 4.78 is 10.8. The van der Waals surface area contributed by atoms with Gasteiger partial charge < -0.3 is 14.8 Å². The maximum atomic E-state index is 12.8. The molecule has 30 heavy (non-hydrogen) atoms. The molecule has 0 aromatic heterocycles. The van der Waals surface area contributed by atoms with Crippen molar-refractivity contribution in [2.75, 3.05) is 11.9 Å². The number of nitrogens with zero attached hydrogens (tertiary/aromatic N) is 1. The van der Waals surface area contributed by atoms with Crippen molar-refractivity contribution in [1.29, 1.82) is 5.26 Å². The summed E-state index contributed by atoms with van der Waals surface area (Å²) in [6.07, 6.45) is -1.12. The van der Waals surface area contributed by atoms with Crippen molar-refractivity contribution in [3.63, 3.8) is 0 Å². The molecule has 1 amide bonds. The van der Waals surface area contributed by atoms with Crippen molar-refractivity contribution >= 4 is 17.6 Å². The number of nitrogens with one attached hydrogen (secondary N) is 1. The van der Waals surface area contributed by atoms with Gasteiger partial charge in [0.1, 0.15) is 5.75 Å². The van der Waals surface area contributed by atoms with Gasteiger partial charge >= 0.3 is 5.97 Å². The van der Waals surface area contributed by atoms with Gasteiger partial charge in [-0.1, -0.05) is 48.0 Å². The average Bonchev–Trinajstić information content (AvgIpc) is 2.78. The Balaban J connectivity index is 1.67. The Bertz CT molecular complexity index is 1040. The summed E-state index contributed by atoms with van der Waals surface area (Å²) in [5.74, 6) is -0.727. The summed E-state index contributed by atoms with van der Waals surface area (Å²) in [7, 11) is 0. The smallest absolute Gasteiger partial charge is 0.345 e. The van der Waals surface area contributed by atoms with Crippen LogP contribution in [-0.2, 0) is 14.3 Å². The second-order valence-corrected chi connectivity index (χ2v) is 6.56. The summed E-state index contributed by atoms with van der Waals surface area (Å²) >= 11 is 0. The lowest BCUT2D eigenvalue weighted by Gasteiger charge is -2.18. The molecule has 3 rings (SSSR count). The third-order valence-corrected chi connectivity index (χ3v) is 4.25. The van der Waals surface area contributed by atoms with Crippen LogP contribution in [0.2, 0.25) is 0 Å². The van der Waals surface area contributed by atoms with Crippen molar-refractivity contribution in [2.24, 2.45) is 0 Å². The standard InChI is InChI=1S/C24H20N2O4/c1-17-7-11-20(12-8-17)26-24(28)23(19-5-3-2-4-6-19)30-22(27)16-29-21-13-9-18(15-25)10-14-21/h2-14,23H,16H2,1H3,(H,26,28)/t23-/m0/s1. The van der Waals surface area contributed by atoms with Crippen LogP contribution in [0, 0.1) is 18.3 Å². The molecule has 0 aliphatic carbocycles. The Morgan fingerprint density at radius 3 is 2.27 bits per heavy atom. The van der Waals surface area contributed by atoms with Crippen LogP contribution < -0.4 is 10.1 Å². The summed E-state index contributed by atoms with van der Waals surface area (Å²) in [5.41, 5.74) is 2.71. The zero-order valence-corrected chi connectivity index (χ0v) is 16.4. The predicted molar refractivity (Wildman–Crippen MR) is 112 cm³/mol. The maximum absolute atomic E-state index is 12.8. The number of hydrogen-bond acceptors (Lipinski definition) is 5. The number of anilines is 1. The topological polar surface area (TPSA) is 88.4 Å². The van der Waals surface area contributed by atoms with Crippen LogP contribution in [0.15, 0.2) is 78.9 Å². The molecule has 0 heterocycles. The van der Waals surface area contributed by atoms with Gasteiger partial charge in [-0.05, 0) is 43.3 Å².